The molecule has 0 saturated heterocycles. The van der Waals surface area contributed by atoms with E-state index >= 15 is 0 Å². The minimum Gasteiger partial charge on any atom is -0.322 e. The fourth-order valence-corrected chi connectivity index (χ4v) is 1.89. The number of anilines is 1. The summed E-state index contributed by atoms with van der Waals surface area (Å²) in [5.41, 5.74) is 0.318. The Morgan fingerprint density at radius 1 is 1.50 bits per heavy atom. The molecule has 1 aliphatic rings. The number of halogens is 1. The SMILES string of the molecule is O=C1CSc2cccc(F)c2N1. The largest absolute Gasteiger partial charge is 0.322 e. The van der Waals surface area contributed by atoms with Crippen molar-refractivity contribution >= 4 is 23.4 Å². The number of carbonyl (C=O) groups excluding carboxylic acids is 1. The van der Waals surface area contributed by atoms with E-state index in [4.69, 9.17) is 0 Å². The van der Waals surface area contributed by atoms with Crippen LogP contribution in [0.5, 0.6) is 0 Å². The van der Waals surface area contributed by atoms with Crippen molar-refractivity contribution in [2.24, 2.45) is 0 Å². The molecule has 0 fully saturated rings. The molecule has 12 heavy (non-hydrogen) atoms. The highest BCUT2D eigenvalue weighted by atomic mass is 32.2. The zero-order valence-electron chi connectivity index (χ0n) is 6.13. The predicted octanol–water partition coefficient (Wildman–Crippen LogP) is 1.87. The van der Waals surface area contributed by atoms with Gasteiger partial charge in [-0.1, -0.05) is 6.07 Å². The van der Waals surface area contributed by atoms with Crippen LogP contribution in [0.25, 0.3) is 0 Å². The molecular formula is C8H6FNOS. The highest BCUT2D eigenvalue weighted by molar-refractivity contribution is 8.00. The number of amides is 1. The van der Waals surface area contributed by atoms with E-state index in [1.54, 1.807) is 12.1 Å². The smallest absolute Gasteiger partial charge is 0.234 e. The van der Waals surface area contributed by atoms with Crippen molar-refractivity contribution in [3.63, 3.8) is 0 Å². The van der Waals surface area contributed by atoms with Crippen molar-refractivity contribution in [1.82, 2.24) is 0 Å². The molecule has 0 atom stereocenters. The van der Waals surface area contributed by atoms with Crippen LogP contribution in [0.1, 0.15) is 0 Å². The summed E-state index contributed by atoms with van der Waals surface area (Å²) in [7, 11) is 0. The topological polar surface area (TPSA) is 29.1 Å². The molecule has 1 heterocycles. The molecule has 1 aliphatic heterocycles. The van der Waals surface area contributed by atoms with Crippen molar-refractivity contribution in [3.05, 3.63) is 24.0 Å². The second kappa shape index (κ2) is 2.79. The van der Waals surface area contributed by atoms with E-state index in [1.807, 2.05) is 0 Å². The van der Waals surface area contributed by atoms with Crippen molar-refractivity contribution < 1.29 is 9.18 Å². The van der Waals surface area contributed by atoms with Gasteiger partial charge < -0.3 is 5.32 Å². The third kappa shape index (κ3) is 1.18. The van der Waals surface area contributed by atoms with Crippen LogP contribution >= 0.6 is 11.8 Å². The summed E-state index contributed by atoms with van der Waals surface area (Å²) < 4.78 is 13.0. The highest BCUT2D eigenvalue weighted by Gasteiger charge is 2.17. The maximum absolute atomic E-state index is 13.0. The number of carbonyl (C=O) groups is 1. The third-order valence-corrected chi connectivity index (χ3v) is 2.66. The van der Waals surface area contributed by atoms with Crippen LogP contribution in [0, 0.1) is 5.82 Å². The normalized spacial score (nSPS) is 15.2. The first-order valence-corrected chi connectivity index (χ1v) is 4.47. The molecule has 2 rings (SSSR count). The summed E-state index contributed by atoms with van der Waals surface area (Å²) in [6, 6.07) is 4.77. The fourth-order valence-electron chi connectivity index (χ4n) is 1.06. The zero-order chi connectivity index (χ0) is 8.55. The van der Waals surface area contributed by atoms with Crippen LogP contribution in [0.2, 0.25) is 0 Å². The maximum Gasteiger partial charge on any atom is 0.234 e. The monoisotopic (exact) mass is 183 g/mol. The number of hydrogen-bond acceptors (Lipinski definition) is 2. The van der Waals surface area contributed by atoms with Gasteiger partial charge in [-0.15, -0.1) is 11.8 Å². The average molecular weight is 183 g/mol. The molecule has 0 bridgehead atoms. The lowest BCUT2D eigenvalue weighted by Gasteiger charge is -2.15. The summed E-state index contributed by atoms with van der Waals surface area (Å²) in [5.74, 6) is -0.137. The molecule has 0 unspecified atom stereocenters. The minimum absolute atomic E-state index is 0.141. The Morgan fingerprint density at radius 3 is 3.17 bits per heavy atom. The quantitative estimate of drug-likeness (QED) is 0.665. The Balaban J connectivity index is 2.50. The lowest BCUT2D eigenvalue weighted by molar-refractivity contribution is -0.113. The van der Waals surface area contributed by atoms with Crippen LogP contribution in [-0.4, -0.2) is 11.7 Å². The van der Waals surface area contributed by atoms with Crippen LogP contribution in [0.3, 0.4) is 0 Å². The lowest BCUT2D eigenvalue weighted by atomic mass is 10.3. The second-order valence-corrected chi connectivity index (χ2v) is 3.47. The van der Waals surface area contributed by atoms with Crippen LogP contribution in [0.15, 0.2) is 23.1 Å². The van der Waals surface area contributed by atoms with E-state index in [0.29, 0.717) is 11.4 Å². The van der Waals surface area contributed by atoms with Crippen molar-refractivity contribution in [2.75, 3.05) is 11.1 Å². The van der Waals surface area contributed by atoms with Gasteiger partial charge in [0.25, 0.3) is 0 Å². The Hall–Kier alpha value is -1.03. The van der Waals surface area contributed by atoms with E-state index < -0.39 is 0 Å². The first-order valence-electron chi connectivity index (χ1n) is 3.48. The van der Waals surface area contributed by atoms with Gasteiger partial charge in [0, 0.05) is 4.90 Å². The van der Waals surface area contributed by atoms with Gasteiger partial charge in [0.15, 0.2) is 0 Å². The fraction of sp³-hybridized carbons (Fsp3) is 0.125. The number of rotatable bonds is 0. The van der Waals surface area contributed by atoms with Crippen LogP contribution in [0.4, 0.5) is 10.1 Å². The van der Waals surface area contributed by atoms with Gasteiger partial charge in [-0.05, 0) is 12.1 Å². The van der Waals surface area contributed by atoms with Gasteiger partial charge >= 0.3 is 0 Å². The summed E-state index contributed by atoms with van der Waals surface area (Å²) in [6.45, 7) is 0. The first kappa shape index (κ1) is 7.61. The minimum atomic E-state index is -0.368. The summed E-state index contributed by atoms with van der Waals surface area (Å²) in [6.07, 6.45) is 0. The molecule has 4 heteroatoms. The molecule has 1 N–H and O–H groups in total. The van der Waals surface area contributed by atoms with Crippen molar-refractivity contribution in [3.8, 4) is 0 Å². The van der Waals surface area contributed by atoms with Crippen molar-refractivity contribution in [2.45, 2.75) is 4.90 Å². The van der Waals surface area contributed by atoms with E-state index in [9.17, 15) is 9.18 Å². The number of para-hydroxylation sites is 1. The molecule has 0 radical (unpaired) electrons. The van der Waals surface area contributed by atoms with Gasteiger partial charge in [-0.3, -0.25) is 4.79 Å². The van der Waals surface area contributed by atoms with Crippen LogP contribution in [-0.2, 0) is 4.79 Å². The lowest BCUT2D eigenvalue weighted by Crippen LogP contribution is -2.19. The summed E-state index contributed by atoms with van der Waals surface area (Å²) >= 11 is 1.36. The Morgan fingerprint density at radius 2 is 2.33 bits per heavy atom. The predicted molar refractivity (Wildman–Crippen MR) is 45.8 cm³/mol. The number of fused-ring (bicyclic) bond motifs is 1. The Bertz CT molecular complexity index is 340. The first-order chi connectivity index (χ1) is 5.77. The molecule has 1 aromatic carbocycles. The standard InChI is InChI=1S/C8H6FNOS/c9-5-2-1-3-6-8(5)10-7(11)4-12-6/h1-3H,4H2,(H,10,11). The van der Waals surface area contributed by atoms with Crippen molar-refractivity contribution in [1.29, 1.82) is 0 Å². The maximum atomic E-state index is 13.0. The second-order valence-electron chi connectivity index (χ2n) is 2.45. The van der Waals surface area contributed by atoms with Crippen LogP contribution < -0.4 is 5.32 Å². The molecule has 0 aliphatic carbocycles. The molecule has 0 saturated carbocycles. The van der Waals surface area contributed by atoms with Gasteiger partial charge in [0.05, 0.1) is 11.4 Å². The van der Waals surface area contributed by atoms with Gasteiger partial charge in [0.1, 0.15) is 5.82 Å². The molecule has 0 aromatic heterocycles. The van der Waals surface area contributed by atoms with Gasteiger partial charge in [0.2, 0.25) is 5.91 Å². The average Bonchev–Trinajstić information content (AvgIpc) is 2.07. The number of hydrogen-bond donors (Lipinski definition) is 1. The highest BCUT2D eigenvalue weighted by Crippen LogP contribution is 2.32. The third-order valence-electron chi connectivity index (χ3n) is 1.60. The van der Waals surface area contributed by atoms with Gasteiger partial charge in [-0.25, -0.2) is 4.39 Å². The molecule has 62 valence electrons. The van der Waals surface area contributed by atoms with E-state index in [-0.39, 0.29) is 11.7 Å². The van der Waals surface area contributed by atoms with Gasteiger partial charge in [-0.2, -0.15) is 0 Å². The zero-order valence-corrected chi connectivity index (χ0v) is 6.95. The molecular weight excluding hydrogens is 177 g/mol. The molecule has 2 nitrogen and oxygen atoms in total. The van der Waals surface area contributed by atoms with E-state index in [0.717, 1.165) is 4.90 Å². The number of thioether (sulfide) groups is 1. The van der Waals surface area contributed by atoms with E-state index in [2.05, 4.69) is 5.32 Å². The molecule has 0 spiro atoms. The number of nitrogens with one attached hydrogen (secondary N) is 1. The molecule has 1 amide bonds. The Labute approximate surface area is 73.2 Å². The summed E-state index contributed by atoms with van der Waals surface area (Å²) in [4.78, 5) is 11.7. The summed E-state index contributed by atoms with van der Waals surface area (Å²) in [5, 5.41) is 2.49. The van der Waals surface area contributed by atoms with E-state index in [1.165, 1.54) is 17.8 Å². The molecule has 1 aromatic rings. The number of benzene rings is 1. The Kier molecular flexibility index (Phi) is 1.77.